The number of pyridine rings is 1. The number of rotatable bonds is 2. The molecule has 0 atom stereocenters. The summed E-state index contributed by atoms with van der Waals surface area (Å²) in [4.78, 5) is 3.53. The predicted molar refractivity (Wildman–Crippen MR) is 40.8 cm³/mol. The third-order valence-electron chi connectivity index (χ3n) is 1.10. The van der Waals surface area contributed by atoms with Crippen molar-refractivity contribution in [1.82, 2.24) is 4.98 Å². The lowest BCUT2D eigenvalue weighted by molar-refractivity contribution is -0.154. The lowest BCUT2D eigenvalue weighted by Crippen LogP contribution is -2.19. The van der Waals surface area contributed by atoms with Crippen LogP contribution in [0.2, 0.25) is 5.02 Å². The zero-order valence-corrected chi connectivity index (χ0v) is 7.06. The van der Waals surface area contributed by atoms with Gasteiger partial charge in [0.05, 0.1) is 0 Å². The van der Waals surface area contributed by atoms with Gasteiger partial charge in [0.2, 0.25) is 5.88 Å². The summed E-state index contributed by atoms with van der Waals surface area (Å²) < 4.78 is 39.4. The molecule has 0 aliphatic rings. The Morgan fingerprint density at radius 1 is 1.46 bits per heavy atom. The summed E-state index contributed by atoms with van der Waals surface area (Å²) in [6.45, 7) is -1.39. The first-order valence-corrected chi connectivity index (χ1v) is 3.67. The quantitative estimate of drug-likeness (QED) is 0.750. The highest BCUT2D eigenvalue weighted by atomic mass is 35.5. The van der Waals surface area contributed by atoms with Gasteiger partial charge in [-0.1, -0.05) is 11.6 Å². The minimum atomic E-state index is -4.37. The summed E-state index contributed by atoms with van der Waals surface area (Å²) in [6, 6.07) is 2.91. The molecule has 0 bridgehead atoms. The molecule has 1 heterocycles. The molecule has 0 aliphatic heterocycles. The van der Waals surface area contributed by atoms with Crippen LogP contribution in [0, 0.1) is 0 Å². The number of aromatic nitrogens is 1. The molecule has 0 radical (unpaired) electrons. The van der Waals surface area contributed by atoms with Crippen LogP contribution < -0.4 is 4.74 Å². The average Bonchev–Trinajstić information content (AvgIpc) is 2.01. The van der Waals surface area contributed by atoms with E-state index in [2.05, 4.69) is 9.72 Å². The Bertz CT molecular complexity index is 289. The highest BCUT2D eigenvalue weighted by molar-refractivity contribution is 6.31. The Morgan fingerprint density at radius 3 is 2.69 bits per heavy atom. The van der Waals surface area contributed by atoms with Gasteiger partial charge in [-0.2, -0.15) is 13.2 Å². The first kappa shape index (κ1) is 10.1. The molecule has 72 valence electrons. The average molecular weight is 212 g/mol. The van der Waals surface area contributed by atoms with E-state index in [-0.39, 0.29) is 10.9 Å². The van der Waals surface area contributed by atoms with Gasteiger partial charge in [-0.15, -0.1) is 0 Å². The van der Waals surface area contributed by atoms with Crippen molar-refractivity contribution in [2.24, 2.45) is 0 Å². The number of alkyl halides is 3. The molecule has 0 fully saturated rings. The van der Waals surface area contributed by atoms with Crippen molar-refractivity contribution in [3.8, 4) is 5.88 Å². The van der Waals surface area contributed by atoms with E-state index in [1.807, 2.05) is 0 Å². The van der Waals surface area contributed by atoms with E-state index in [0.29, 0.717) is 0 Å². The maximum Gasteiger partial charge on any atom is 0.422 e. The maximum absolute atomic E-state index is 11.7. The van der Waals surface area contributed by atoms with Gasteiger partial charge in [-0.05, 0) is 12.1 Å². The van der Waals surface area contributed by atoms with E-state index >= 15 is 0 Å². The van der Waals surface area contributed by atoms with Crippen LogP contribution in [0.3, 0.4) is 0 Å². The summed E-state index contributed by atoms with van der Waals surface area (Å²) in [7, 11) is 0. The van der Waals surface area contributed by atoms with Crippen molar-refractivity contribution >= 4 is 11.6 Å². The van der Waals surface area contributed by atoms with Crippen LogP contribution in [-0.4, -0.2) is 17.8 Å². The number of nitrogens with zero attached hydrogens (tertiary/aromatic N) is 1. The molecule has 1 rings (SSSR count). The van der Waals surface area contributed by atoms with Crippen LogP contribution in [-0.2, 0) is 0 Å². The van der Waals surface area contributed by atoms with Gasteiger partial charge in [0.1, 0.15) is 5.02 Å². The second-order valence-corrected chi connectivity index (χ2v) is 2.60. The van der Waals surface area contributed by atoms with Crippen LogP contribution in [0.25, 0.3) is 0 Å². The van der Waals surface area contributed by atoms with E-state index < -0.39 is 12.8 Å². The minimum absolute atomic E-state index is 0.0618. The summed E-state index contributed by atoms with van der Waals surface area (Å²) in [5.74, 6) is -0.207. The molecule has 2 nitrogen and oxygen atoms in total. The molecule has 0 aromatic carbocycles. The first-order valence-electron chi connectivity index (χ1n) is 3.29. The van der Waals surface area contributed by atoms with Gasteiger partial charge < -0.3 is 4.74 Å². The Hall–Kier alpha value is -0.970. The van der Waals surface area contributed by atoms with Gasteiger partial charge in [0.15, 0.2) is 6.61 Å². The fraction of sp³-hybridized carbons (Fsp3) is 0.286. The fourth-order valence-electron chi connectivity index (χ4n) is 0.628. The van der Waals surface area contributed by atoms with Gasteiger partial charge >= 0.3 is 6.18 Å². The molecular formula is C7H5ClF3NO. The van der Waals surface area contributed by atoms with E-state index in [1.54, 1.807) is 0 Å². The van der Waals surface area contributed by atoms with Crippen LogP contribution in [0.4, 0.5) is 13.2 Å². The summed E-state index contributed by atoms with van der Waals surface area (Å²) in [6.07, 6.45) is -3.07. The molecule has 0 saturated heterocycles. The summed E-state index contributed by atoms with van der Waals surface area (Å²) in [5, 5.41) is 0.0618. The molecule has 6 heteroatoms. The van der Waals surface area contributed by atoms with Crippen molar-refractivity contribution in [2.45, 2.75) is 6.18 Å². The van der Waals surface area contributed by atoms with Crippen molar-refractivity contribution < 1.29 is 17.9 Å². The SMILES string of the molecule is FC(F)(F)COc1ncccc1Cl. The number of ether oxygens (including phenoxy) is 1. The lowest BCUT2D eigenvalue weighted by atomic mass is 10.5. The lowest BCUT2D eigenvalue weighted by Gasteiger charge is -2.08. The third-order valence-corrected chi connectivity index (χ3v) is 1.38. The number of hydrogen-bond donors (Lipinski definition) is 0. The molecule has 0 aliphatic carbocycles. The van der Waals surface area contributed by atoms with Gasteiger partial charge in [-0.25, -0.2) is 4.98 Å². The Labute approximate surface area is 77.3 Å². The predicted octanol–water partition coefficient (Wildman–Crippen LogP) is 2.68. The maximum atomic E-state index is 11.7. The molecule has 0 amide bonds. The van der Waals surface area contributed by atoms with Crippen molar-refractivity contribution in [1.29, 1.82) is 0 Å². The van der Waals surface area contributed by atoms with Gasteiger partial charge in [0.25, 0.3) is 0 Å². The van der Waals surface area contributed by atoms with Gasteiger partial charge in [-0.3, -0.25) is 0 Å². The van der Waals surface area contributed by atoms with E-state index in [4.69, 9.17) is 11.6 Å². The smallest absolute Gasteiger partial charge is 0.422 e. The molecule has 0 saturated carbocycles. The highest BCUT2D eigenvalue weighted by Gasteiger charge is 2.28. The molecule has 13 heavy (non-hydrogen) atoms. The van der Waals surface area contributed by atoms with E-state index in [1.165, 1.54) is 18.3 Å². The van der Waals surface area contributed by atoms with Crippen LogP contribution in [0.1, 0.15) is 0 Å². The zero-order valence-electron chi connectivity index (χ0n) is 6.31. The summed E-state index contributed by atoms with van der Waals surface area (Å²) >= 11 is 5.50. The van der Waals surface area contributed by atoms with Crippen LogP contribution in [0.5, 0.6) is 5.88 Å². The van der Waals surface area contributed by atoms with E-state index in [9.17, 15) is 13.2 Å². The Morgan fingerprint density at radius 2 is 2.15 bits per heavy atom. The number of halogens is 4. The van der Waals surface area contributed by atoms with Crippen molar-refractivity contribution in [2.75, 3.05) is 6.61 Å². The standard InChI is InChI=1S/C7H5ClF3NO/c8-5-2-1-3-12-6(5)13-4-7(9,10)11/h1-3H,4H2. The van der Waals surface area contributed by atoms with Crippen LogP contribution in [0.15, 0.2) is 18.3 Å². The molecule has 1 aromatic rings. The molecule has 0 N–H and O–H groups in total. The van der Waals surface area contributed by atoms with E-state index in [0.717, 1.165) is 0 Å². The monoisotopic (exact) mass is 211 g/mol. The van der Waals surface area contributed by atoms with Crippen molar-refractivity contribution in [3.05, 3.63) is 23.4 Å². The first-order chi connectivity index (χ1) is 5.99. The zero-order chi connectivity index (χ0) is 9.90. The topological polar surface area (TPSA) is 22.1 Å². The largest absolute Gasteiger partial charge is 0.467 e. The minimum Gasteiger partial charge on any atom is -0.467 e. The van der Waals surface area contributed by atoms with Crippen LogP contribution >= 0.6 is 11.6 Å². The molecule has 0 unspecified atom stereocenters. The Balaban J connectivity index is 2.60. The molecular weight excluding hydrogens is 207 g/mol. The summed E-state index contributed by atoms with van der Waals surface area (Å²) in [5.41, 5.74) is 0. The molecule has 0 spiro atoms. The van der Waals surface area contributed by atoms with Crippen molar-refractivity contribution in [3.63, 3.8) is 0 Å². The second-order valence-electron chi connectivity index (χ2n) is 2.19. The number of hydrogen-bond acceptors (Lipinski definition) is 2. The highest BCUT2D eigenvalue weighted by Crippen LogP contribution is 2.22. The Kier molecular flexibility index (Phi) is 2.98. The molecule has 1 aromatic heterocycles. The normalized spacial score (nSPS) is 11.4. The fourth-order valence-corrected chi connectivity index (χ4v) is 0.804. The second kappa shape index (κ2) is 3.83. The van der Waals surface area contributed by atoms with Gasteiger partial charge in [0, 0.05) is 6.20 Å². The third kappa shape index (κ3) is 3.50.